The lowest BCUT2D eigenvalue weighted by Crippen LogP contribution is -1.95. The molecule has 96 valence electrons. The van der Waals surface area contributed by atoms with Crippen LogP contribution in [0.15, 0.2) is 36.8 Å². The SMILES string of the molecule is CC(C)c1cc(-c2ccc3c(cnn3C)c2)ncn1. The smallest absolute Gasteiger partial charge is 0.116 e. The maximum Gasteiger partial charge on any atom is 0.116 e. The molecule has 19 heavy (non-hydrogen) atoms. The number of nitrogens with zero attached hydrogens (tertiary/aromatic N) is 4. The van der Waals surface area contributed by atoms with Gasteiger partial charge < -0.3 is 0 Å². The molecule has 0 aliphatic carbocycles. The predicted octanol–water partition coefficient (Wildman–Crippen LogP) is 3.15. The first kappa shape index (κ1) is 11.8. The molecular formula is C15H16N4. The molecule has 0 fully saturated rings. The van der Waals surface area contributed by atoms with Crippen molar-refractivity contribution >= 4 is 10.9 Å². The van der Waals surface area contributed by atoms with Crippen LogP contribution in [0.3, 0.4) is 0 Å². The van der Waals surface area contributed by atoms with Crippen molar-refractivity contribution in [1.82, 2.24) is 19.7 Å². The zero-order valence-electron chi connectivity index (χ0n) is 11.3. The van der Waals surface area contributed by atoms with E-state index in [1.165, 1.54) is 0 Å². The van der Waals surface area contributed by atoms with E-state index in [4.69, 9.17) is 0 Å². The Labute approximate surface area is 112 Å². The van der Waals surface area contributed by atoms with Crippen molar-refractivity contribution < 1.29 is 0 Å². The van der Waals surface area contributed by atoms with Gasteiger partial charge in [0.05, 0.1) is 17.4 Å². The molecule has 0 N–H and O–H groups in total. The highest BCUT2D eigenvalue weighted by Crippen LogP contribution is 2.24. The Morgan fingerprint density at radius 1 is 1.11 bits per heavy atom. The summed E-state index contributed by atoms with van der Waals surface area (Å²) in [5.41, 5.74) is 4.26. The summed E-state index contributed by atoms with van der Waals surface area (Å²) in [6.07, 6.45) is 3.52. The molecule has 3 rings (SSSR count). The van der Waals surface area contributed by atoms with Crippen molar-refractivity contribution in [1.29, 1.82) is 0 Å². The molecule has 0 aliphatic heterocycles. The molecule has 4 nitrogen and oxygen atoms in total. The topological polar surface area (TPSA) is 43.6 Å². The number of rotatable bonds is 2. The summed E-state index contributed by atoms with van der Waals surface area (Å²) in [7, 11) is 1.95. The molecule has 2 aromatic heterocycles. The molecule has 0 unspecified atom stereocenters. The Morgan fingerprint density at radius 3 is 2.74 bits per heavy atom. The van der Waals surface area contributed by atoms with Crippen LogP contribution in [0.25, 0.3) is 22.2 Å². The molecule has 3 aromatic rings. The summed E-state index contributed by atoms with van der Waals surface area (Å²) in [6, 6.07) is 8.34. The molecule has 0 bridgehead atoms. The maximum absolute atomic E-state index is 4.37. The van der Waals surface area contributed by atoms with Crippen LogP contribution in [0.5, 0.6) is 0 Å². The Kier molecular flexibility index (Phi) is 2.78. The van der Waals surface area contributed by atoms with Crippen LogP contribution in [0, 0.1) is 0 Å². The Balaban J connectivity index is 2.10. The number of aryl methyl sites for hydroxylation is 1. The fourth-order valence-electron chi connectivity index (χ4n) is 2.17. The first-order valence-corrected chi connectivity index (χ1v) is 6.39. The van der Waals surface area contributed by atoms with Gasteiger partial charge in [-0.1, -0.05) is 19.9 Å². The third-order valence-electron chi connectivity index (χ3n) is 3.32. The molecule has 0 radical (unpaired) electrons. The van der Waals surface area contributed by atoms with Crippen molar-refractivity contribution in [3.8, 4) is 11.3 Å². The normalized spacial score (nSPS) is 11.4. The van der Waals surface area contributed by atoms with Gasteiger partial charge in [0.15, 0.2) is 0 Å². The lowest BCUT2D eigenvalue weighted by atomic mass is 10.1. The van der Waals surface area contributed by atoms with E-state index in [0.29, 0.717) is 5.92 Å². The molecule has 0 atom stereocenters. The Morgan fingerprint density at radius 2 is 1.95 bits per heavy atom. The molecule has 0 saturated heterocycles. The van der Waals surface area contributed by atoms with Gasteiger partial charge in [-0.15, -0.1) is 0 Å². The van der Waals surface area contributed by atoms with E-state index >= 15 is 0 Å². The minimum Gasteiger partial charge on any atom is -0.268 e. The molecule has 2 heterocycles. The van der Waals surface area contributed by atoms with Crippen LogP contribution in [0.2, 0.25) is 0 Å². The molecule has 0 spiro atoms. The second kappa shape index (κ2) is 4.46. The molecule has 0 saturated carbocycles. The van der Waals surface area contributed by atoms with Gasteiger partial charge in [-0.3, -0.25) is 4.68 Å². The molecule has 1 aromatic carbocycles. The minimum atomic E-state index is 0.406. The summed E-state index contributed by atoms with van der Waals surface area (Å²) in [5, 5.41) is 5.39. The average Bonchev–Trinajstić information content (AvgIpc) is 2.80. The van der Waals surface area contributed by atoms with Crippen LogP contribution in [0.4, 0.5) is 0 Å². The van der Waals surface area contributed by atoms with Crippen molar-refractivity contribution in [2.45, 2.75) is 19.8 Å². The predicted molar refractivity (Wildman–Crippen MR) is 75.8 cm³/mol. The van der Waals surface area contributed by atoms with Gasteiger partial charge in [-0.05, 0) is 24.1 Å². The number of fused-ring (bicyclic) bond motifs is 1. The fraction of sp³-hybridized carbons (Fsp3) is 0.267. The standard InChI is InChI=1S/C15H16N4/c1-10(2)13-7-14(17-9-16-13)11-4-5-15-12(6-11)8-18-19(15)3/h4-10H,1-3H3. The van der Waals surface area contributed by atoms with Gasteiger partial charge in [0.25, 0.3) is 0 Å². The summed E-state index contributed by atoms with van der Waals surface area (Å²) < 4.78 is 1.87. The van der Waals surface area contributed by atoms with Gasteiger partial charge in [0.2, 0.25) is 0 Å². The van der Waals surface area contributed by atoms with Crippen LogP contribution in [-0.2, 0) is 7.05 Å². The number of hydrogen-bond acceptors (Lipinski definition) is 3. The van der Waals surface area contributed by atoms with E-state index in [1.54, 1.807) is 6.33 Å². The van der Waals surface area contributed by atoms with E-state index in [2.05, 4.69) is 53.2 Å². The highest BCUT2D eigenvalue weighted by molar-refractivity contribution is 5.83. The molecule has 0 aliphatic rings. The first-order valence-electron chi connectivity index (χ1n) is 6.39. The number of benzene rings is 1. The minimum absolute atomic E-state index is 0.406. The largest absolute Gasteiger partial charge is 0.268 e. The van der Waals surface area contributed by atoms with Crippen molar-refractivity contribution in [2.24, 2.45) is 7.05 Å². The van der Waals surface area contributed by atoms with Gasteiger partial charge in [0.1, 0.15) is 6.33 Å². The molecule has 0 amide bonds. The fourth-order valence-corrected chi connectivity index (χ4v) is 2.17. The zero-order valence-corrected chi connectivity index (χ0v) is 11.3. The summed E-state index contributed by atoms with van der Waals surface area (Å²) >= 11 is 0. The van der Waals surface area contributed by atoms with Gasteiger partial charge in [-0.25, -0.2) is 9.97 Å². The Bertz CT molecular complexity index is 728. The first-order chi connectivity index (χ1) is 9.15. The van der Waals surface area contributed by atoms with Crippen molar-refractivity contribution in [3.63, 3.8) is 0 Å². The quantitative estimate of drug-likeness (QED) is 0.703. The molecule has 4 heteroatoms. The van der Waals surface area contributed by atoms with Crippen LogP contribution >= 0.6 is 0 Å². The zero-order chi connectivity index (χ0) is 13.4. The summed E-state index contributed by atoms with van der Waals surface area (Å²) in [5.74, 6) is 0.406. The van der Waals surface area contributed by atoms with E-state index in [9.17, 15) is 0 Å². The second-order valence-electron chi connectivity index (χ2n) is 5.02. The van der Waals surface area contributed by atoms with Crippen LogP contribution in [0.1, 0.15) is 25.5 Å². The highest BCUT2D eigenvalue weighted by Gasteiger charge is 2.07. The number of hydrogen-bond donors (Lipinski definition) is 0. The van der Waals surface area contributed by atoms with E-state index in [0.717, 1.165) is 27.9 Å². The number of aromatic nitrogens is 4. The van der Waals surface area contributed by atoms with E-state index < -0.39 is 0 Å². The lowest BCUT2D eigenvalue weighted by molar-refractivity contribution is 0.797. The Hall–Kier alpha value is -2.23. The third-order valence-corrected chi connectivity index (χ3v) is 3.32. The summed E-state index contributed by atoms with van der Waals surface area (Å²) in [6.45, 7) is 4.27. The van der Waals surface area contributed by atoms with Gasteiger partial charge >= 0.3 is 0 Å². The highest BCUT2D eigenvalue weighted by atomic mass is 15.2. The summed E-state index contributed by atoms with van der Waals surface area (Å²) in [4.78, 5) is 8.67. The van der Waals surface area contributed by atoms with Crippen molar-refractivity contribution in [3.05, 3.63) is 42.5 Å². The third kappa shape index (κ3) is 2.10. The maximum atomic E-state index is 4.37. The monoisotopic (exact) mass is 252 g/mol. The van der Waals surface area contributed by atoms with Gasteiger partial charge in [-0.2, -0.15) is 5.10 Å². The lowest BCUT2D eigenvalue weighted by Gasteiger charge is -2.06. The van der Waals surface area contributed by atoms with Crippen LogP contribution in [-0.4, -0.2) is 19.7 Å². The van der Waals surface area contributed by atoms with Gasteiger partial charge in [0, 0.05) is 23.7 Å². The van der Waals surface area contributed by atoms with E-state index in [-0.39, 0.29) is 0 Å². The second-order valence-corrected chi connectivity index (χ2v) is 5.02. The van der Waals surface area contributed by atoms with Crippen LogP contribution < -0.4 is 0 Å². The average molecular weight is 252 g/mol. The molecular weight excluding hydrogens is 236 g/mol. The van der Waals surface area contributed by atoms with E-state index in [1.807, 2.05) is 17.9 Å². The van der Waals surface area contributed by atoms with Crippen molar-refractivity contribution in [2.75, 3.05) is 0 Å².